The molecule has 1 aromatic rings. The Balaban J connectivity index is 1.90. The molecular formula is C13H19N3O3S2. The highest BCUT2D eigenvalue weighted by molar-refractivity contribution is 7.89. The number of carbonyl (C=O) groups excluding carboxylic acids is 1. The van der Waals surface area contributed by atoms with Crippen LogP contribution < -0.4 is 5.43 Å². The van der Waals surface area contributed by atoms with E-state index in [1.165, 1.54) is 4.31 Å². The third kappa shape index (κ3) is 4.36. The second kappa shape index (κ2) is 7.15. The van der Waals surface area contributed by atoms with Crippen LogP contribution in [0, 0.1) is 5.92 Å². The summed E-state index contributed by atoms with van der Waals surface area (Å²) in [7, 11) is -3.23. The maximum absolute atomic E-state index is 12.0. The maximum atomic E-state index is 12.0. The molecule has 0 radical (unpaired) electrons. The second-order valence-electron chi connectivity index (χ2n) is 4.89. The Labute approximate surface area is 128 Å². The van der Waals surface area contributed by atoms with E-state index in [0.717, 1.165) is 5.56 Å². The van der Waals surface area contributed by atoms with E-state index in [1.807, 2.05) is 16.8 Å². The van der Waals surface area contributed by atoms with Gasteiger partial charge in [-0.1, -0.05) is 0 Å². The quantitative estimate of drug-likeness (QED) is 0.652. The number of nitrogens with zero attached hydrogens (tertiary/aromatic N) is 2. The first-order valence-electron chi connectivity index (χ1n) is 6.86. The number of amides is 1. The number of piperidine rings is 1. The van der Waals surface area contributed by atoms with E-state index in [9.17, 15) is 13.2 Å². The molecule has 0 bridgehead atoms. The van der Waals surface area contributed by atoms with E-state index < -0.39 is 10.0 Å². The molecule has 0 spiro atoms. The lowest BCUT2D eigenvalue weighted by molar-refractivity contribution is -0.126. The average Bonchev–Trinajstić information content (AvgIpc) is 3.00. The first-order valence-corrected chi connectivity index (χ1v) is 9.41. The Kier molecular flexibility index (Phi) is 5.49. The van der Waals surface area contributed by atoms with Crippen LogP contribution in [0.2, 0.25) is 0 Å². The van der Waals surface area contributed by atoms with Crippen LogP contribution in [-0.4, -0.2) is 43.7 Å². The highest BCUT2D eigenvalue weighted by Gasteiger charge is 2.31. The Bertz CT molecular complexity index is 596. The Hall–Kier alpha value is -1.25. The van der Waals surface area contributed by atoms with Crippen LogP contribution in [0.1, 0.15) is 25.3 Å². The lowest BCUT2D eigenvalue weighted by Crippen LogP contribution is -2.45. The second-order valence-corrected chi connectivity index (χ2v) is 7.93. The van der Waals surface area contributed by atoms with Crippen molar-refractivity contribution in [1.29, 1.82) is 0 Å². The van der Waals surface area contributed by atoms with Crippen LogP contribution in [0.25, 0.3) is 0 Å². The molecule has 0 aromatic carbocycles. The molecule has 1 fully saturated rings. The van der Waals surface area contributed by atoms with Gasteiger partial charge in [-0.2, -0.15) is 16.4 Å². The van der Waals surface area contributed by atoms with Crippen molar-refractivity contribution in [1.82, 2.24) is 9.73 Å². The van der Waals surface area contributed by atoms with Gasteiger partial charge in [-0.05, 0) is 36.6 Å². The molecule has 8 heteroatoms. The topological polar surface area (TPSA) is 78.8 Å². The molecule has 1 aromatic heterocycles. The van der Waals surface area contributed by atoms with E-state index in [0.29, 0.717) is 19.4 Å². The predicted octanol–water partition coefficient (Wildman–Crippen LogP) is 1.26. The summed E-state index contributed by atoms with van der Waals surface area (Å²) < 4.78 is 25.1. The summed E-state index contributed by atoms with van der Waals surface area (Å²) in [4.78, 5) is 12.0. The van der Waals surface area contributed by atoms with Crippen LogP contribution >= 0.6 is 11.3 Å². The number of hydrazone groups is 1. The first kappa shape index (κ1) is 16.1. The van der Waals surface area contributed by atoms with Gasteiger partial charge in [0.15, 0.2) is 0 Å². The normalized spacial score (nSPS) is 20.7. The molecule has 1 unspecified atom stereocenters. The Morgan fingerprint density at radius 1 is 1.62 bits per heavy atom. The van der Waals surface area contributed by atoms with Gasteiger partial charge in [0.05, 0.1) is 17.9 Å². The highest BCUT2D eigenvalue weighted by atomic mass is 32.2. The summed E-state index contributed by atoms with van der Waals surface area (Å²) in [5, 5.41) is 7.76. The number of hydrogen-bond donors (Lipinski definition) is 1. The molecular weight excluding hydrogens is 310 g/mol. The van der Waals surface area contributed by atoms with Gasteiger partial charge in [-0.15, -0.1) is 0 Å². The summed E-state index contributed by atoms with van der Waals surface area (Å²) in [6, 6.07) is 1.90. The Morgan fingerprint density at radius 3 is 3.10 bits per heavy atom. The molecule has 1 N–H and O–H groups in total. The minimum atomic E-state index is -3.23. The standard InChI is InChI=1S/C13H19N3O3S2/c1-2-21(18,19)16-6-3-4-12(9-16)13(17)15-14-8-11-5-7-20-10-11/h5,7-8,10,12H,2-4,6,9H2,1H3,(H,15,17)/b14-8+. The first-order chi connectivity index (χ1) is 10.0. The third-order valence-corrected chi connectivity index (χ3v) is 5.99. The van der Waals surface area contributed by atoms with Crippen LogP contribution in [0.15, 0.2) is 21.9 Å². The molecule has 1 aliphatic heterocycles. The van der Waals surface area contributed by atoms with Crippen molar-refractivity contribution in [3.63, 3.8) is 0 Å². The molecule has 2 rings (SSSR count). The maximum Gasteiger partial charge on any atom is 0.244 e. The lowest BCUT2D eigenvalue weighted by Gasteiger charge is -2.30. The van der Waals surface area contributed by atoms with Gasteiger partial charge in [0, 0.05) is 18.7 Å². The molecule has 1 saturated heterocycles. The van der Waals surface area contributed by atoms with Crippen molar-refractivity contribution in [3.05, 3.63) is 22.4 Å². The fourth-order valence-electron chi connectivity index (χ4n) is 2.20. The van der Waals surface area contributed by atoms with E-state index in [2.05, 4.69) is 10.5 Å². The smallest absolute Gasteiger partial charge is 0.244 e. The van der Waals surface area contributed by atoms with Gasteiger partial charge < -0.3 is 0 Å². The fourth-order valence-corrected chi connectivity index (χ4v) is 3.99. The SMILES string of the molecule is CCS(=O)(=O)N1CCCC(C(=O)N/N=C/c2ccsc2)C1. The molecule has 21 heavy (non-hydrogen) atoms. The van der Waals surface area contributed by atoms with Gasteiger partial charge in [0.1, 0.15) is 0 Å². The van der Waals surface area contributed by atoms with Crippen LogP contribution in [0.5, 0.6) is 0 Å². The zero-order valence-electron chi connectivity index (χ0n) is 11.9. The lowest BCUT2D eigenvalue weighted by atomic mass is 9.99. The van der Waals surface area contributed by atoms with Gasteiger partial charge in [-0.25, -0.2) is 18.1 Å². The molecule has 0 aliphatic carbocycles. The largest absolute Gasteiger partial charge is 0.273 e. The number of thiophene rings is 1. The number of sulfonamides is 1. The Morgan fingerprint density at radius 2 is 2.43 bits per heavy atom. The predicted molar refractivity (Wildman–Crippen MR) is 83.8 cm³/mol. The van der Waals surface area contributed by atoms with Crippen LogP contribution in [-0.2, 0) is 14.8 Å². The number of rotatable bonds is 5. The zero-order valence-corrected chi connectivity index (χ0v) is 13.5. The van der Waals surface area contributed by atoms with Crippen molar-refractivity contribution in [2.24, 2.45) is 11.0 Å². The number of carbonyl (C=O) groups is 1. The number of hydrogen-bond acceptors (Lipinski definition) is 5. The van der Waals surface area contributed by atoms with Crippen molar-refractivity contribution in [2.45, 2.75) is 19.8 Å². The van der Waals surface area contributed by atoms with Gasteiger partial charge in [-0.3, -0.25) is 4.79 Å². The van der Waals surface area contributed by atoms with E-state index in [-0.39, 0.29) is 24.1 Å². The van der Waals surface area contributed by atoms with E-state index >= 15 is 0 Å². The number of nitrogens with one attached hydrogen (secondary N) is 1. The van der Waals surface area contributed by atoms with Crippen molar-refractivity contribution in [3.8, 4) is 0 Å². The summed E-state index contributed by atoms with van der Waals surface area (Å²) >= 11 is 1.55. The minimum Gasteiger partial charge on any atom is -0.273 e. The molecule has 1 amide bonds. The summed E-state index contributed by atoms with van der Waals surface area (Å²) in [5.74, 6) is -0.491. The van der Waals surface area contributed by atoms with Crippen molar-refractivity contribution in [2.75, 3.05) is 18.8 Å². The zero-order chi connectivity index (χ0) is 15.3. The molecule has 116 valence electrons. The van der Waals surface area contributed by atoms with Crippen molar-refractivity contribution >= 4 is 33.5 Å². The molecule has 0 saturated carbocycles. The fraction of sp³-hybridized carbons (Fsp3) is 0.538. The minimum absolute atomic E-state index is 0.0671. The molecule has 1 aliphatic rings. The average molecular weight is 329 g/mol. The molecule has 2 heterocycles. The molecule has 1 atom stereocenters. The summed E-state index contributed by atoms with van der Waals surface area (Å²) in [6.45, 7) is 2.36. The van der Waals surface area contributed by atoms with Crippen LogP contribution in [0.4, 0.5) is 0 Å². The highest BCUT2D eigenvalue weighted by Crippen LogP contribution is 2.19. The summed E-state index contributed by atoms with van der Waals surface area (Å²) in [5.41, 5.74) is 3.42. The third-order valence-electron chi connectivity index (χ3n) is 3.44. The van der Waals surface area contributed by atoms with Crippen LogP contribution in [0.3, 0.4) is 0 Å². The summed E-state index contributed by atoms with van der Waals surface area (Å²) in [6.07, 6.45) is 2.97. The van der Waals surface area contributed by atoms with Gasteiger partial charge >= 0.3 is 0 Å². The van der Waals surface area contributed by atoms with Gasteiger partial charge in [0.25, 0.3) is 0 Å². The van der Waals surface area contributed by atoms with E-state index in [1.54, 1.807) is 24.5 Å². The molecule has 6 nitrogen and oxygen atoms in total. The van der Waals surface area contributed by atoms with Gasteiger partial charge in [0.2, 0.25) is 15.9 Å². The monoisotopic (exact) mass is 329 g/mol. The van der Waals surface area contributed by atoms with Crippen molar-refractivity contribution < 1.29 is 13.2 Å². The van der Waals surface area contributed by atoms with E-state index in [4.69, 9.17) is 0 Å².